The lowest BCUT2D eigenvalue weighted by Gasteiger charge is -2.18. The van der Waals surface area contributed by atoms with Crippen LogP contribution in [0.3, 0.4) is 0 Å². The van der Waals surface area contributed by atoms with Gasteiger partial charge in [0, 0.05) is 11.8 Å². The number of esters is 1. The molecule has 0 amide bonds. The molecule has 0 rings (SSSR count). The number of unbranched alkanes of at least 4 members (excludes halogenated alkanes) is 6. The SMILES string of the molecule is CCCCCC(CCCCC)OC(=O)CCCCCBr. The van der Waals surface area contributed by atoms with Crippen molar-refractivity contribution in [2.24, 2.45) is 0 Å². The third-order valence-electron chi connectivity index (χ3n) is 3.57. The summed E-state index contributed by atoms with van der Waals surface area (Å²) in [5.41, 5.74) is 0. The van der Waals surface area contributed by atoms with Crippen LogP contribution < -0.4 is 0 Å². The van der Waals surface area contributed by atoms with E-state index >= 15 is 0 Å². The van der Waals surface area contributed by atoms with Crippen LogP contribution in [0.25, 0.3) is 0 Å². The van der Waals surface area contributed by atoms with Crippen molar-refractivity contribution in [3.63, 3.8) is 0 Å². The Bertz CT molecular complexity index is 209. The van der Waals surface area contributed by atoms with Crippen LogP contribution in [0.15, 0.2) is 0 Å². The Labute approximate surface area is 134 Å². The van der Waals surface area contributed by atoms with E-state index < -0.39 is 0 Å². The van der Waals surface area contributed by atoms with Gasteiger partial charge in [-0.1, -0.05) is 61.9 Å². The highest BCUT2D eigenvalue weighted by Crippen LogP contribution is 2.16. The van der Waals surface area contributed by atoms with Crippen molar-refractivity contribution in [3.8, 4) is 0 Å². The molecule has 0 heterocycles. The smallest absolute Gasteiger partial charge is 0.306 e. The molecule has 0 fully saturated rings. The van der Waals surface area contributed by atoms with Gasteiger partial charge in [-0.05, 0) is 38.5 Å². The molecule has 0 N–H and O–H groups in total. The predicted molar refractivity (Wildman–Crippen MR) is 90.4 cm³/mol. The predicted octanol–water partition coefficient (Wildman–Crippen LogP) is 6.01. The lowest BCUT2D eigenvalue weighted by atomic mass is 10.0. The van der Waals surface area contributed by atoms with Gasteiger partial charge in [-0.3, -0.25) is 4.79 Å². The molecule has 0 aliphatic carbocycles. The van der Waals surface area contributed by atoms with Crippen molar-refractivity contribution in [1.29, 1.82) is 0 Å². The van der Waals surface area contributed by atoms with Crippen LogP contribution in [0.2, 0.25) is 0 Å². The van der Waals surface area contributed by atoms with E-state index in [0.717, 1.165) is 37.4 Å². The average Bonchev–Trinajstić information content (AvgIpc) is 2.44. The van der Waals surface area contributed by atoms with Gasteiger partial charge in [0.2, 0.25) is 0 Å². The van der Waals surface area contributed by atoms with Crippen molar-refractivity contribution >= 4 is 21.9 Å². The van der Waals surface area contributed by atoms with Crippen molar-refractivity contribution in [1.82, 2.24) is 0 Å². The number of rotatable bonds is 14. The highest BCUT2D eigenvalue weighted by Gasteiger charge is 2.13. The highest BCUT2D eigenvalue weighted by molar-refractivity contribution is 9.09. The maximum Gasteiger partial charge on any atom is 0.306 e. The molecule has 0 aromatic carbocycles. The van der Waals surface area contributed by atoms with E-state index in [9.17, 15) is 4.79 Å². The van der Waals surface area contributed by atoms with Gasteiger partial charge in [-0.15, -0.1) is 0 Å². The summed E-state index contributed by atoms with van der Waals surface area (Å²) in [5.74, 6) is 0.0116. The van der Waals surface area contributed by atoms with Crippen LogP contribution in [-0.2, 0) is 9.53 Å². The molecule has 0 aliphatic heterocycles. The summed E-state index contributed by atoms with van der Waals surface area (Å²) in [7, 11) is 0. The van der Waals surface area contributed by atoms with Gasteiger partial charge < -0.3 is 4.74 Å². The fraction of sp³-hybridized carbons (Fsp3) is 0.941. The third kappa shape index (κ3) is 13.0. The number of alkyl halides is 1. The average molecular weight is 349 g/mol. The largest absolute Gasteiger partial charge is 0.462 e. The molecule has 0 bridgehead atoms. The summed E-state index contributed by atoms with van der Waals surface area (Å²) in [6.45, 7) is 4.42. The minimum atomic E-state index is 0.0116. The van der Waals surface area contributed by atoms with E-state index in [1.807, 2.05) is 0 Å². The number of carbonyl (C=O) groups excluding carboxylic acids is 1. The zero-order chi connectivity index (χ0) is 15.1. The molecule has 0 radical (unpaired) electrons. The molecule has 3 heteroatoms. The number of halogens is 1. The van der Waals surface area contributed by atoms with Crippen LogP contribution in [0, 0.1) is 0 Å². The molecular formula is C17H33BrO2. The molecule has 120 valence electrons. The highest BCUT2D eigenvalue weighted by atomic mass is 79.9. The summed E-state index contributed by atoms with van der Waals surface area (Å²) in [6, 6.07) is 0. The van der Waals surface area contributed by atoms with Gasteiger partial charge >= 0.3 is 5.97 Å². The first-order chi connectivity index (χ1) is 9.74. The maximum atomic E-state index is 11.8. The standard InChI is InChI=1S/C17H33BrO2/c1-3-5-8-12-16(13-9-6-4-2)20-17(19)14-10-7-11-15-18/h16H,3-15H2,1-2H3. The molecule has 0 aromatic heterocycles. The molecule has 0 saturated carbocycles. The van der Waals surface area contributed by atoms with Gasteiger partial charge in [-0.2, -0.15) is 0 Å². The number of hydrogen-bond donors (Lipinski definition) is 0. The molecule has 0 spiro atoms. The van der Waals surface area contributed by atoms with E-state index in [1.165, 1.54) is 38.5 Å². The first-order valence-corrected chi connectivity index (χ1v) is 9.62. The fourth-order valence-corrected chi connectivity index (χ4v) is 2.69. The second-order valence-electron chi connectivity index (χ2n) is 5.60. The Morgan fingerprint density at radius 2 is 1.50 bits per heavy atom. The second kappa shape index (κ2) is 15.3. The number of carbonyl (C=O) groups is 1. The second-order valence-corrected chi connectivity index (χ2v) is 6.40. The van der Waals surface area contributed by atoms with Crippen LogP contribution in [0.4, 0.5) is 0 Å². The lowest BCUT2D eigenvalue weighted by Crippen LogP contribution is -2.18. The van der Waals surface area contributed by atoms with E-state index in [0.29, 0.717) is 6.42 Å². The Morgan fingerprint density at radius 1 is 0.900 bits per heavy atom. The first-order valence-electron chi connectivity index (χ1n) is 8.50. The monoisotopic (exact) mass is 348 g/mol. The molecule has 20 heavy (non-hydrogen) atoms. The maximum absolute atomic E-state index is 11.8. The van der Waals surface area contributed by atoms with E-state index in [-0.39, 0.29) is 12.1 Å². The zero-order valence-corrected chi connectivity index (χ0v) is 15.1. The fourth-order valence-electron chi connectivity index (χ4n) is 2.29. The molecular weight excluding hydrogens is 316 g/mol. The van der Waals surface area contributed by atoms with Crippen molar-refractivity contribution in [2.75, 3.05) is 5.33 Å². The van der Waals surface area contributed by atoms with Crippen LogP contribution in [0.1, 0.15) is 90.9 Å². The molecule has 0 aromatic rings. The van der Waals surface area contributed by atoms with Crippen molar-refractivity contribution in [2.45, 2.75) is 97.0 Å². The number of ether oxygens (including phenoxy) is 1. The Balaban J connectivity index is 3.88. The van der Waals surface area contributed by atoms with Crippen molar-refractivity contribution in [3.05, 3.63) is 0 Å². The quantitative estimate of drug-likeness (QED) is 0.218. The summed E-state index contributed by atoms with van der Waals surface area (Å²) in [5, 5.41) is 1.03. The summed E-state index contributed by atoms with van der Waals surface area (Å²) >= 11 is 3.41. The van der Waals surface area contributed by atoms with Gasteiger partial charge in [0.05, 0.1) is 0 Å². The minimum Gasteiger partial charge on any atom is -0.462 e. The third-order valence-corrected chi connectivity index (χ3v) is 4.13. The lowest BCUT2D eigenvalue weighted by molar-refractivity contribution is -0.150. The topological polar surface area (TPSA) is 26.3 Å². The molecule has 0 unspecified atom stereocenters. The van der Waals surface area contributed by atoms with Gasteiger partial charge in [0.25, 0.3) is 0 Å². The van der Waals surface area contributed by atoms with Gasteiger partial charge in [-0.25, -0.2) is 0 Å². The first kappa shape index (κ1) is 19.9. The number of hydrogen-bond acceptors (Lipinski definition) is 2. The van der Waals surface area contributed by atoms with Gasteiger partial charge in [0.15, 0.2) is 0 Å². The molecule has 0 atom stereocenters. The Hall–Kier alpha value is -0.0500. The molecule has 0 aliphatic rings. The molecule has 0 saturated heterocycles. The minimum absolute atomic E-state index is 0.0116. The van der Waals surface area contributed by atoms with E-state index in [1.54, 1.807) is 0 Å². The summed E-state index contributed by atoms with van der Waals surface area (Å²) in [4.78, 5) is 11.8. The molecule has 2 nitrogen and oxygen atoms in total. The van der Waals surface area contributed by atoms with Crippen LogP contribution in [-0.4, -0.2) is 17.4 Å². The van der Waals surface area contributed by atoms with Crippen LogP contribution >= 0.6 is 15.9 Å². The van der Waals surface area contributed by atoms with Crippen molar-refractivity contribution < 1.29 is 9.53 Å². The van der Waals surface area contributed by atoms with E-state index in [4.69, 9.17) is 4.74 Å². The normalized spacial score (nSPS) is 11.0. The summed E-state index contributed by atoms with van der Waals surface area (Å²) < 4.78 is 5.67. The van der Waals surface area contributed by atoms with Crippen LogP contribution in [0.5, 0.6) is 0 Å². The van der Waals surface area contributed by atoms with E-state index in [2.05, 4.69) is 29.8 Å². The Morgan fingerprint density at radius 3 is 2.00 bits per heavy atom. The van der Waals surface area contributed by atoms with Gasteiger partial charge in [0.1, 0.15) is 6.10 Å². The Kier molecular flexibility index (Phi) is 15.3. The zero-order valence-electron chi connectivity index (χ0n) is 13.5. The summed E-state index contributed by atoms with van der Waals surface area (Å²) in [6.07, 6.45) is 13.4.